The number of hydrogen-bond acceptors (Lipinski definition) is 6. The molecule has 1 aromatic heterocycles. The molecule has 3 amide bonds. The summed E-state index contributed by atoms with van der Waals surface area (Å²) in [5.74, 6) is -1.48. The number of halogens is 1. The number of ether oxygens (including phenoxy) is 1. The molecule has 0 aliphatic carbocycles. The number of thiophene rings is 1. The first-order valence-corrected chi connectivity index (χ1v) is 11.6. The fourth-order valence-corrected chi connectivity index (χ4v) is 5.01. The Hall–Kier alpha value is -3.27. The minimum atomic E-state index is -0.571. The Morgan fingerprint density at radius 2 is 1.94 bits per heavy atom. The Bertz CT molecular complexity index is 1100. The van der Waals surface area contributed by atoms with E-state index in [9.17, 15) is 23.6 Å². The Labute approximate surface area is 194 Å². The second-order valence-electron chi connectivity index (χ2n) is 8.11. The van der Waals surface area contributed by atoms with Crippen molar-refractivity contribution >= 4 is 34.8 Å². The standard InChI is InChI=1S/C23H24FN3O5S/c1-13(28)20-8-14(12-33-20)23(31)27-16-3-4-17(27)11-26-22(30)18-9-15(24)2-5-19(18)32-7-6-25-21(29)10-16/h2,5,8-9,12,16-17H,3-4,6-7,10-11H2,1H3,(H,25,29)(H,26,30)/t16-,17+/m0/s1. The summed E-state index contributed by atoms with van der Waals surface area (Å²) in [4.78, 5) is 52.5. The largest absolute Gasteiger partial charge is 0.491 e. The summed E-state index contributed by atoms with van der Waals surface area (Å²) in [6.07, 6.45) is 1.33. The smallest absolute Gasteiger partial charge is 0.255 e. The number of ketones is 1. The number of rotatable bonds is 2. The van der Waals surface area contributed by atoms with Crippen LogP contribution in [0.3, 0.4) is 0 Å². The third-order valence-electron chi connectivity index (χ3n) is 5.84. The van der Waals surface area contributed by atoms with Gasteiger partial charge in [-0.25, -0.2) is 4.39 Å². The van der Waals surface area contributed by atoms with E-state index in [4.69, 9.17) is 4.74 Å². The lowest BCUT2D eigenvalue weighted by Crippen LogP contribution is -2.48. The molecule has 2 aromatic rings. The van der Waals surface area contributed by atoms with Gasteiger partial charge in [-0.05, 0) is 44.0 Å². The van der Waals surface area contributed by atoms with Crippen molar-refractivity contribution in [3.05, 3.63) is 51.5 Å². The SMILES string of the molecule is CC(=O)c1cc(C(=O)N2[C@@H]3CC[C@H]2CC(=O)NCCOc2ccc(F)cc2C(=O)NC3)cs1. The molecule has 2 bridgehead atoms. The molecule has 2 aliphatic heterocycles. The molecular formula is C23H24FN3O5S. The van der Waals surface area contributed by atoms with Crippen LogP contribution >= 0.6 is 11.3 Å². The van der Waals surface area contributed by atoms with E-state index in [0.717, 1.165) is 6.07 Å². The monoisotopic (exact) mass is 473 g/mol. The second kappa shape index (κ2) is 9.70. The normalized spacial score (nSPS) is 21.3. The Kier molecular flexibility index (Phi) is 6.73. The maximum absolute atomic E-state index is 13.8. The first kappa shape index (κ1) is 22.9. The van der Waals surface area contributed by atoms with Gasteiger partial charge >= 0.3 is 0 Å². The van der Waals surface area contributed by atoms with Crippen LogP contribution in [0.4, 0.5) is 4.39 Å². The summed E-state index contributed by atoms with van der Waals surface area (Å²) < 4.78 is 19.4. The van der Waals surface area contributed by atoms with Gasteiger partial charge in [0.1, 0.15) is 18.2 Å². The van der Waals surface area contributed by atoms with E-state index in [1.54, 1.807) is 16.3 Å². The zero-order chi connectivity index (χ0) is 23.5. The van der Waals surface area contributed by atoms with Crippen LogP contribution in [0.1, 0.15) is 56.6 Å². The van der Waals surface area contributed by atoms with Gasteiger partial charge in [-0.3, -0.25) is 19.2 Å². The number of benzene rings is 1. The number of carbonyl (C=O) groups is 4. The summed E-state index contributed by atoms with van der Waals surface area (Å²) in [6.45, 7) is 1.89. The predicted octanol–water partition coefficient (Wildman–Crippen LogP) is 2.39. The molecule has 1 fully saturated rings. The average Bonchev–Trinajstić information content (AvgIpc) is 3.42. The van der Waals surface area contributed by atoms with Gasteiger partial charge in [0.05, 0.1) is 22.5 Å². The van der Waals surface area contributed by atoms with E-state index in [1.807, 2.05) is 0 Å². The van der Waals surface area contributed by atoms with Gasteiger partial charge in [0.2, 0.25) is 5.91 Å². The van der Waals surface area contributed by atoms with Crippen molar-refractivity contribution < 1.29 is 28.3 Å². The van der Waals surface area contributed by atoms with E-state index < -0.39 is 11.7 Å². The summed E-state index contributed by atoms with van der Waals surface area (Å²) in [5.41, 5.74) is 0.436. The molecule has 174 valence electrons. The Morgan fingerprint density at radius 1 is 1.15 bits per heavy atom. The van der Waals surface area contributed by atoms with E-state index in [-0.39, 0.29) is 67.1 Å². The van der Waals surface area contributed by atoms with Gasteiger partial charge in [0.25, 0.3) is 11.8 Å². The van der Waals surface area contributed by atoms with Gasteiger partial charge in [-0.2, -0.15) is 0 Å². The molecular weight excluding hydrogens is 449 g/mol. The van der Waals surface area contributed by atoms with Crippen molar-refractivity contribution in [1.82, 2.24) is 15.5 Å². The molecule has 0 saturated carbocycles. The van der Waals surface area contributed by atoms with Gasteiger partial charge in [0, 0.05) is 30.4 Å². The van der Waals surface area contributed by atoms with E-state index >= 15 is 0 Å². The Morgan fingerprint density at radius 3 is 2.70 bits per heavy atom. The van der Waals surface area contributed by atoms with Crippen LogP contribution in [0.25, 0.3) is 0 Å². The minimum absolute atomic E-state index is 0.0507. The lowest BCUT2D eigenvalue weighted by atomic mass is 10.1. The van der Waals surface area contributed by atoms with Crippen LogP contribution < -0.4 is 15.4 Å². The summed E-state index contributed by atoms with van der Waals surface area (Å²) in [5, 5.41) is 7.20. The molecule has 0 spiro atoms. The first-order valence-electron chi connectivity index (χ1n) is 10.7. The number of fused-ring (bicyclic) bond motifs is 3. The minimum Gasteiger partial charge on any atom is -0.491 e. The maximum Gasteiger partial charge on any atom is 0.255 e. The number of amides is 3. The zero-order valence-electron chi connectivity index (χ0n) is 18.1. The lowest BCUT2D eigenvalue weighted by Gasteiger charge is -2.30. The fourth-order valence-electron chi connectivity index (χ4n) is 4.22. The number of nitrogens with one attached hydrogen (secondary N) is 2. The van der Waals surface area contributed by atoms with Crippen molar-refractivity contribution in [2.24, 2.45) is 0 Å². The van der Waals surface area contributed by atoms with Crippen LogP contribution in [0.5, 0.6) is 5.75 Å². The molecule has 3 heterocycles. The topological polar surface area (TPSA) is 105 Å². The highest BCUT2D eigenvalue weighted by molar-refractivity contribution is 7.12. The molecule has 4 rings (SSSR count). The summed E-state index contributed by atoms with van der Waals surface area (Å²) in [7, 11) is 0. The third-order valence-corrected chi connectivity index (χ3v) is 6.87. The van der Waals surface area contributed by atoms with Crippen molar-refractivity contribution in [1.29, 1.82) is 0 Å². The maximum atomic E-state index is 13.8. The number of carbonyl (C=O) groups excluding carboxylic acids is 4. The number of nitrogens with zero attached hydrogens (tertiary/aromatic N) is 1. The van der Waals surface area contributed by atoms with Crippen LogP contribution in [0, 0.1) is 5.82 Å². The first-order chi connectivity index (χ1) is 15.8. The van der Waals surface area contributed by atoms with Crippen LogP contribution in [0.2, 0.25) is 0 Å². The number of Topliss-reactive ketones (excluding diaryl/α,β-unsaturated/α-hetero) is 1. The molecule has 0 unspecified atom stereocenters. The van der Waals surface area contributed by atoms with Crippen LogP contribution in [0.15, 0.2) is 29.6 Å². The van der Waals surface area contributed by atoms with E-state index in [2.05, 4.69) is 10.6 Å². The van der Waals surface area contributed by atoms with Crippen LogP contribution in [-0.2, 0) is 4.79 Å². The highest BCUT2D eigenvalue weighted by Crippen LogP contribution is 2.30. The fraction of sp³-hybridized carbons (Fsp3) is 0.391. The predicted molar refractivity (Wildman–Crippen MR) is 119 cm³/mol. The molecule has 1 aromatic carbocycles. The highest BCUT2D eigenvalue weighted by Gasteiger charge is 2.39. The van der Waals surface area contributed by atoms with Gasteiger partial charge in [0.15, 0.2) is 5.78 Å². The van der Waals surface area contributed by atoms with Crippen LogP contribution in [-0.4, -0.2) is 60.2 Å². The zero-order valence-corrected chi connectivity index (χ0v) is 18.9. The van der Waals surface area contributed by atoms with Crippen molar-refractivity contribution in [3.63, 3.8) is 0 Å². The molecule has 10 heteroatoms. The van der Waals surface area contributed by atoms with Gasteiger partial charge in [-0.15, -0.1) is 11.3 Å². The van der Waals surface area contributed by atoms with Crippen molar-refractivity contribution in [3.8, 4) is 5.75 Å². The Balaban J connectivity index is 1.61. The lowest BCUT2D eigenvalue weighted by molar-refractivity contribution is -0.122. The molecule has 2 aliphatic rings. The average molecular weight is 474 g/mol. The summed E-state index contributed by atoms with van der Waals surface area (Å²) in [6, 6.07) is 4.56. The quantitative estimate of drug-likeness (QED) is 0.652. The highest BCUT2D eigenvalue weighted by atomic mass is 32.1. The van der Waals surface area contributed by atoms with Crippen molar-refractivity contribution in [2.75, 3.05) is 19.7 Å². The molecule has 33 heavy (non-hydrogen) atoms. The molecule has 8 nitrogen and oxygen atoms in total. The van der Waals surface area contributed by atoms with E-state index in [0.29, 0.717) is 23.3 Å². The molecule has 2 atom stereocenters. The van der Waals surface area contributed by atoms with Gasteiger partial charge < -0.3 is 20.3 Å². The molecule has 0 radical (unpaired) electrons. The van der Waals surface area contributed by atoms with Gasteiger partial charge in [-0.1, -0.05) is 0 Å². The number of hydrogen-bond donors (Lipinski definition) is 2. The summed E-state index contributed by atoms with van der Waals surface area (Å²) >= 11 is 1.20. The molecule has 2 N–H and O–H groups in total. The van der Waals surface area contributed by atoms with Crippen molar-refractivity contribution in [2.45, 2.75) is 38.3 Å². The third kappa shape index (κ3) is 5.05. The van der Waals surface area contributed by atoms with E-state index in [1.165, 1.54) is 30.4 Å². The second-order valence-corrected chi connectivity index (χ2v) is 9.02. The molecule has 1 saturated heterocycles.